The van der Waals surface area contributed by atoms with Crippen molar-refractivity contribution in [2.45, 2.75) is 0 Å². The second kappa shape index (κ2) is 12.5. The van der Waals surface area contributed by atoms with Crippen LogP contribution in [0.4, 0.5) is 0 Å². The SMILES string of the molecule is c1ccc(-c2ccccc2-c2c3ccccc3c(-c3cccc4ccccc34)c3cc(-c4ccc(-c5ccccc5)c5ccccc45)ccc23)cc1. The van der Waals surface area contributed by atoms with Gasteiger partial charge in [-0.3, -0.25) is 0 Å². The van der Waals surface area contributed by atoms with Gasteiger partial charge in [-0.05, 0) is 105 Å². The summed E-state index contributed by atoms with van der Waals surface area (Å²) in [5, 5.41) is 10.0. The number of benzene rings is 10. The summed E-state index contributed by atoms with van der Waals surface area (Å²) in [6.07, 6.45) is 0. The lowest BCUT2D eigenvalue weighted by Crippen LogP contribution is -1.94. The van der Waals surface area contributed by atoms with Crippen LogP contribution in [0.25, 0.3) is 98.7 Å². The molecule has 10 aromatic rings. The van der Waals surface area contributed by atoms with E-state index in [2.05, 4.69) is 206 Å². The fraction of sp³-hybridized carbons (Fsp3) is 0. The first kappa shape index (κ1) is 30.1. The van der Waals surface area contributed by atoms with Crippen molar-refractivity contribution in [1.82, 2.24) is 0 Å². The van der Waals surface area contributed by atoms with Crippen molar-refractivity contribution < 1.29 is 0 Å². The van der Waals surface area contributed by atoms with Crippen molar-refractivity contribution in [3.63, 3.8) is 0 Å². The third-order valence-corrected chi connectivity index (χ3v) is 10.7. The van der Waals surface area contributed by atoms with Crippen LogP contribution in [0, 0.1) is 0 Å². The van der Waals surface area contributed by atoms with Gasteiger partial charge in [0.15, 0.2) is 0 Å². The molecule has 0 spiro atoms. The van der Waals surface area contributed by atoms with Gasteiger partial charge in [0, 0.05) is 0 Å². The van der Waals surface area contributed by atoms with Gasteiger partial charge in [-0.1, -0.05) is 200 Å². The van der Waals surface area contributed by atoms with E-state index < -0.39 is 0 Å². The number of hydrogen-bond acceptors (Lipinski definition) is 0. The van der Waals surface area contributed by atoms with Crippen LogP contribution in [0.5, 0.6) is 0 Å². The average molecular weight is 659 g/mol. The van der Waals surface area contributed by atoms with E-state index >= 15 is 0 Å². The van der Waals surface area contributed by atoms with Gasteiger partial charge >= 0.3 is 0 Å². The maximum atomic E-state index is 2.46. The van der Waals surface area contributed by atoms with E-state index in [0.717, 1.165) is 0 Å². The quantitative estimate of drug-likeness (QED) is 0.161. The molecular formula is C52H34. The normalized spacial score (nSPS) is 11.5. The molecule has 52 heavy (non-hydrogen) atoms. The Morgan fingerprint density at radius 3 is 1.31 bits per heavy atom. The summed E-state index contributed by atoms with van der Waals surface area (Å²) in [5.74, 6) is 0. The third-order valence-electron chi connectivity index (χ3n) is 10.7. The molecule has 0 unspecified atom stereocenters. The minimum absolute atomic E-state index is 1.21. The van der Waals surface area contributed by atoms with Gasteiger partial charge < -0.3 is 0 Å². The Morgan fingerprint density at radius 2 is 0.635 bits per heavy atom. The Hall–Kier alpha value is -6.76. The number of fused-ring (bicyclic) bond motifs is 4. The first-order valence-electron chi connectivity index (χ1n) is 18.0. The highest BCUT2D eigenvalue weighted by molar-refractivity contribution is 6.25. The van der Waals surface area contributed by atoms with Crippen LogP contribution in [0.3, 0.4) is 0 Å². The van der Waals surface area contributed by atoms with Crippen LogP contribution in [-0.4, -0.2) is 0 Å². The van der Waals surface area contributed by atoms with Crippen LogP contribution in [0.15, 0.2) is 206 Å². The molecule has 0 heterocycles. The van der Waals surface area contributed by atoms with Gasteiger partial charge in [0.05, 0.1) is 0 Å². The molecule has 0 atom stereocenters. The van der Waals surface area contributed by atoms with Crippen LogP contribution in [-0.2, 0) is 0 Å². The zero-order valence-corrected chi connectivity index (χ0v) is 28.6. The smallest absolute Gasteiger partial charge is 0.00199 e. The summed E-state index contributed by atoms with van der Waals surface area (Å²) in [4.78, 5) is 0. The van der Waals surface area contributed by atoms with E-state index in [0.29, 0.717) is 0 Å². The molecule has 10 rings (SSSR count). The second-order valence-corrected chi connectivity index (χ2v) is 13.6. The van der Waals surface area contributed by atoms with Crippen LogP contribution in [0.1, 0.15) is 0 Å². The largest absolute Gasteiger partial charge is 0.0622 e. The van der Waals surface area contributed by atoms with Crippen LogP contribution < -0.4 is 0 Å². The molecule has 0 nitrogen and oxygen atoms in total. The zero-order chi connectivity index (χ0) is 34.4. The molecule has 0 aliphatic heterocycles. The lowest BCUT2D eigenvalue weighted by Gasteiger charge is -2.21. The van der Waals surface area contributed by atoms with Gasteiger partial charge in [-0.2, -0.15) is 0 Å². The van der Waals surface area contributed by atoms with Crippen molar-refractivity contribution >= 4 is 43.1 Å². The summed E-state index contributed by atoms with van der Waals surface area (Å²) in [6.45, 7) is 0. The number of rotatable bonds is 5. The monoisotopic (exact) mass is 658 g/mol. The molecule has 10 aromatic carbocycles. The molecule has 0 aliphatic rings. The topological polar surface area (TPSA) is 0 Å². The van der Waals surface area contributed by atoms with Crippen molar-refractivity contribution in [3.8, 4) is 55.6 Å². The van der Waals surface area contributed by atoms with Crippen molar-refractivity contribution in [2.75, 3.05) is 0 Å². The molecule has 0 radical (unpaired) electrons. The Kier molecular flexibility index (Phi) is 7.25. The van der Waals surface area contributed by atoms with E-state index in [1.807, 2.05) is 0 Å². The molecule has 0 N–H and O–H groups in total. The predicted molar refractivity (Wildman–Crippen MR) is 224 cm³/mol. The van der Waals surface area contributed by atoms with Gasteiger partial charge in [0.25, 0.3) is 0 Å². The third kappa shape index (κ3) is 4.92. The standard InChI is InChI=1S/C52H34/c1-3-16-35(17-4-1)39-23-9-12-26-45(39)51-47-27-13-14-28-48(47)52(46-29-15-21-37-20-7-8-22-40(37)46)50-34-38(30-31-49(50)51)42-33-32-41(36-18-5-2-6-19-36)43-24-10-11-25-44(42)43/h1-34H. The Balaban J connectivity index is 1.33. The molecule has 0 amide bonds. The highest BCUT2D eigenvalue weighted by atomic mass is 14.2. The minimum Gasteiger partial charge on any atom is -0.0622 e. The molecule has 0 aliphatic carbocycles. The zero-order valence-electron chi connectivity index (χ0n) is 28.6. The molecule has 0 aromatic heterocycles. The molecule has 0 saturated carbocycles. The summed E-state index contributed by atoms with van der Waals surface area (Å²) >= 11 is 0. The summed E-state index contributed by atoms with van der Waals surface area (Å²) in [6, 6.07) is 75.5. The van der Waals surface area contributed by atoms with Gasteiger partial charge in [0.2, 0.25) is 0 Å². The first-order valence-corrected chi connectivity index (χ1v) is 18.0. The highest BCUT2D eigenvalue weighted by Crippen LogP contribution is 2.48. The number of hydrogen-bond donors (Lipinski definition) is 0. The van der Waals surface area contributed by atoms with E-state index in [-0.39, 0.29) is 0 Å². The molecule has 242 valence electrons. The van der Waals surface area contributed by atoms with E-state index in [1.54, 1.807) is 0 Å². The second-order valence-electron chi connectivity index (χ2n) is 13.6. The Morgan fingerprint density at radius 1 is 0.192 bits per heavy atom. The van der Waals surface area contributed by atoms with E-state index in [4.69, 9.17) is 0 Å². The molecule has 0 saturated heterocycles. The van der Waals surface area contributed by atoms with Crippen molar-refractivity contribution in [3.05, 3.63) is 206 Å². The average Bonchev–Trinajstić information content (AvgIpc) is 3.23. The Bertz CT molecular complexity index is 2930. The first-order chi connectivity index (χ1) is 25.8. The minimum atomic E-state index is 1.21. The van der Waals surface area contributed by atoms with E-state index in [9.17, 15) is 0 Å². The predicted octanol–water partition coefficient (Wildman–Crippen LogP) is 14.6. The fourth-order valence-electron chi connectivity index (χ4n) is 8.36. The molecule has 0 fully saturated rings. The molecular weight excluding hydrogens is 625 g/mol. The highest BCUT2D eigenvalue weighted by Gasteiger charge is 2.21. The van der Waals surface area contributed by atoms with Gasteiger partial charge in [0.1, 0.15) is 0 Å². The van der Waals surface area contributed by atoms with Crippen molar-refractivity contribution in [1.29, 1.82) is 0 Å². The summed E-state index contributed by atoms with van der Waals surface area (Å²) in [5.41, 5.74) is 12.4. The fourth-order valence-corrected chi connectivity index (χ4v) is 8.36. The van der Waals surface area contributed by atoms with Gasteiger partial charge in [-0.25, -0.2) is 0 Å². The van der Waals surface area contributed by atoms with E-state index in [1.165, 1.54) is 98.7 Å². The summed E-state index contributed by atoms with van der Waals surface area (Å²) in [7, 11) is 0. The molecule has 0 heteroatoms. The lowest BCUT2D eigenvalue weighted by molar-refractivity contribution is 1.60. The lowest BCUT2D eigenvalue weighted by atomic mass is 9.82. The maximum absolute atomic E-state index is 2.46. The Labute approximate surface area is 303 Å². The van der Waals surface area contributed by atoms with Crippen molar-refractivity contribution in [2.24, 2.45) is 0 Å². The van der Waals surface area contributed by atoms with Crippen LogP contribution in [0.2, 0.25) is 0 Å². The molecule has 0 bridgehead atoms. The summed E-state index contributed by atoms with van der Waals surface area (Å²) < 4.78 is 0. The van der Waals surface area contributed by atoms with Gasteiger partial charge in [-0.15, -0.1) is 0 Å². The maximum Gasteiger partial charge on any atom is -0.00199 e. The van der Waals surface area contributed by atoms with Crippen LogP contribution >= 0.6 is 0 Å².